The second kappa shape index (κ2) is 8.32. The normalized spacial score (nSPS) is 23.0. The van der Waals surface area contributed by atoms with E-state index in [4.69, 9.17) is 4.74 Å². The van der Waals surface area contributed by atoms with Crippen molar-refractivity contribution in [2.75, 3.05) is 0 Å². The van der Waals surface area contributed by atoms with Crippen LogP contribution in [0.25, 0.3) is 0 Å². The number of nitrogens with zero attached hydrogens (tertiary/aromatic N) is 1. The number of hydrogen-bond acceptors (Lipinski definition) is 3. The number of rotatable bonds is 4. The monoisotopic (exact) mass is 435 g/mol. The van der Waals surface area contributed by atoms with Crippen molar-refractivity contribution < 1.29 is 31.9 Å². The van der Waals surface area contributed by atoms with Crippen molar-refractivity contribution in [3.8, 4) is 0 Å². The Morgan fingerprint density at radius 3 is 2.23 bits per heavy atom. The summed E-state index contributed by atoms with van der Waals surface area (Å²) in [5.74, 6) is -2.31. The first-order valence-corrected chi connectivity index (χ1v) is 10.1. The fraction of sp³-hybridized carbons (Fsp3) is 0.391. The number of fused-ring (bicyclic) bond motifs is 2. The molecule has 8 heteroatoms. The molecule has 2 aliphatic rings. The van der Waals surface area contributed by atoms with Crippen molar-refractivity contribution in [3.05, 3.63) is 71.0 Å². The van der Waals surface area contributed by atoms with Gasteiger partial charge in [-0.1, -0.05) is 36.4 Å². The van der Waals surface area contributed by atoms with Gasteiger partial charge < -0.3 is 9.64 Å². The lowest BCUT2D eigenvalue weighted by molar-refractivity contribution is -0.140. The Balaban J connectivity index is 1.41. The average molecular weight is 435 g/mol. The summed E-state index contributed by atoms with van der Waals surface area (Å²) in [6.45, 7) is 0.156. The summed E-state index contributed by atoms with van der Waals surface area (Å²) in [5, 5.41) is 0. The fourth-order valence-corrected chi connectivity index (χ4v) is 4.62. The second-order valence-electron chi connectivity index (χ2n) is 8.06. The molecular formula is C23H21F4NO3. The summed E-state index contributed by atoms with van der Waals surface area (Å²) < 4.78 is 57.6. The first-order chi connectivity index (χ1) is 14.7. The number of Topliss-reactive ketones (excluding diaryl/α,β-unsaturated/α-hetero) is 1. The van der Waals surface area contributed by atoms with Crippen LogP contribution in [-0.2, 0) is 17.5 Å². The molecule has 31 heavy (non-hydrogen) atoms. The summed E-state index contributed by atoms with van der Waals surface area (Å²) in [5.41, 5.74) is -0.590. The minimum atomic E-state index is -4.81. The molecule has 2 fully saturated rings. The number of halogens is 4. The molecule has 164 valence electrons. The maximum atomic E-state index is 13.9. The number of alkyl halides is 3. The molecule has 2 aromatic carbocycles. The van der Waals surface area contributed by atoms with Crippen LogP contribution in [0.3, 0.4) is 0 Å². The Hall–Kier alpha value is -2.90. The molecule has 0 saturated carbocycles. The predicted octanol–water partition coefficient (Wildman–Crippen LogP) is 5.61. The van der Waals surface area contributed by atoms with Gasteiger partial charge in [-0.2, -0.15) is 13.2 Å². The third-order valence-electron chi connectivity index (χ3n) is 6.08. The van der Waals surface area contributed by atoms with Gasteiger partial charge in [0.25, 0.3) is 0 Å². The van der Waals surface area contributed by atoms with E-state index in [1.807, 2.05) is 30.3 Å². The van der Waals surface area contributed by atoms with Crippen LogP contribution >= 0.6 is 0 Å². The van der Waals surface area contributed by atoms with Crippen molar-refractivity contribution in [3.63, 3.8) is 0 Å². The van der Waals surface area contributed by atoms with Crippen molar-refractivity contribution in [1.82, 2.24) is 4.90 Å². The highest BCUT2D eigenvalue weighted by atomic mass is 19.4. The van der Waals surface area contributed by atoms with Gasteiger partial charge in [0.05, 0.1) is 5.56 Å². The second-order valence-corrected chi connectivity index (χ2v) is 8.06. The molecule has 0 N–H and O–H groups in total. The molecule has 2 bridgehead atoms. The molecule has 2 aromatic rings. The molecular weight excluding hydrogens is 414 g/mol. The zero-order chi connectivity index (χ0) is 22.2. The molecule has 0 aromatic heterocycles. The zero-order valence-corrected chi connectivity index (χ0v) is 16.6. The molecule has 4 nitrogen and oxygen atoms in total. The van der Waals surface area contributed by atoms with Gasteiger partial charge in [-0.05, 0) is 43.4 Å². The standard InChI is InChI=1S/C23H21F4NO3/c24-20-12-15(6-9-19(20)23(25,26)27)21(29)16-10-17-7-8-18(11-16)28(17)22(30)31-13-14-4-2-1-3-5-14/h1-6,9,12,16-18H,7-8,10-11,13H2. The van der Waals surface area contributed by atoms with E-state index in [1.54, 1.807) is 4.90 Å². The average Bonchev–Trinajstić information content (AvgIpc) is 3.00. The zero-order valence-electron chi connectivity index (χ0n) is 16.6. The third-order valence-corrected chi connectivity index (χ3v) is 6.08. The van der Waals surface area contributed by atoms with Crippen LogP contribution < -0.4 is 0 Å². The molecule has 2 unspecified atom stereocenters. The summed E-state index contributed by atoms with van der Waals surface area (Å²) in [4.78, 5) is 27.1. The van der Waals surface area contributed by atoms with Crippen molar-refractivity contribution in [1.29, 1.82) is 0 Å². The van der Waals surface area contributed by atoms with Gasteiger partial charge >= 0.3 is 12.3 Å². The number of amides is 1. The van der Waals surface area contributed by atoms with Crippen LogP contribution in [0.5, 0.6) is 0 Å². The van der Waals surface area contributed by atoms with E-state index in [9.17, 15) is 27.2 Å². The van der Waals surface area contributed by atoms with E-state index in [0.29, 0.717) is 25.0 Å². The molecule has 0 spiro atoms. The maximum Gasteiger partial charge on any atom is 0.419 e. The van der Waals surface area contributed by atoms with Crippen LogP contribution in [0, 0.1) is 11.7 Å². The number of ketones is 1. The van der Waals surface area contributed by atoms with Crippen LogP contribution in [0.1, 0.15) is 47.2 Å². The topological polar surface area (TPSA) is 46.6 Å². The number of benzene rings is 2. The fourth-order valence-electron chi connectivity index (χ4n) is 4.62. The van der Waals surface area contributed by atoms with E-state index in [1.165, 1.54) is 0 Å². The summed E-state index contributed by atoms with van der Waals surface area (Å²) in [7, 11) is 0. The Kier molecular flexibility index (Phi) is 5.73. The van der Waals surface area contributed by atoms with Gasteiger partial charge in [0, 0.05) is 23.6 Å². The molecule has 0 aliphatic carbocycles. The maximum absolute atomic E-state index is 13.9. The number of carbonyl (C=O) groups excluding carboxylic acids is 2. The van der Waals surface area contributed by atoms with E-state index >= 15 is 0 Å². The molecule has 2 heterocycles. The van der Waals surface area contributed by atoms with E-state index in [-0.39, 0.29) is 30.0 Å². The molecule has 2 aliphatic heterocycles. The third kappa shape index (κ3) is 4.43. The Labute approximate surface area is 176 Å². The number of carbonyl (C=O) groups is 2. The number of ether oxygens (including phenoxy) is 1. The largest absolute Gasteiger partial charge is 0.445 e. The van der Waals surface area contributed by atoms with Crippen LogP contribution in [0.4, 0.5) is 22.4 Å². The highest BCUT2D eigenvalue weighted by Crippen LogP contribution is 2.41. The van der Waals surface area contributed by atoms with Crippen LogP contribution in [0.2, 0.25) is 0 Å². The lowest BCUT2D eigenvalue weighted by atomic mass is 9.84. The van der Waals surface area contributed by atoms with Gasteiger partial charge in [-0.15, -0.1) is 0 Å². The smallest absolute Gasteiger partial charge is 0.419 e. The summed E-state index contributed by atoms with van der Waals surface area (Å²) >= 11 is 0. The van der Waals surface area contributed by atoms with Gasteiger partial charge in [0.1, 0.15) is 12.4 Å². The molecule has 1 amide bonds. The predicted molar refractivity (Wildman–Crippen MR) is 104 cm³/mol. The van der Waals surface area contributed by atoms with E-state index in [0.717, 1.165) is 24.5 Å². The van der Waals surface area contributed by atoms with E-state index in [2.05, 4.69) is 0 Å². The first-order valence-electron chi connectivity index (χ1n) is 10.1. The van der Waals surface area contributed by atoms with Crippen LogP contribution in [0.15, 0.2) is 48.5 Å². The lowest BCUT2D eigenvalue weighted by Crippen LogP contribution is -2.48. The van der Waals surface area contributed by atoms with Crippen molar-refractivity contribution in [2.45, 2.75) is 50.6 Å². The summed E-state index contributed by atoms with van der Waals surface area (Å²) in [6.07, 6.45) is -3.00. The number of piperidine rings is 1. The van der Waals surface area contributed by atoms with Crippen molar-refractivity contribution in [2.24, 2.45) is 5.92 Å². The van der Waals surface area contributed by atoms with Gasteiger partial charge in [-0.3, -0.25) is 4.79 Å². The molecule has 2 saturated heterocycles. The highest BCUT2D eigenvalue weighted by Gasteiger charge is 2.46. The highest BCUT2D eigenvalue weighted by molar-refractivity contribution is 5.98. The minimum absolute atomic E-state index is 0.0741. The number of hydrogen-bond donors (Lipinski definition) is 0. The molecule has 2 atom stereocenters. The Bertz CT molecular complexity index is 963. The molecule has 4 rings (SSSR count). The quantitative estimate of drug-likeness (QED) is 0.464. The Morgan fingerprint density at radius 1 is 1.00 bits per heavy atom. The van der Waals surface area contributed by atoms with Crippen molar-refractivity contribution >= 4 is 11.9 Å². The van der Waals surface area contributed by atoms with Gasteiger partial charge in [0.2, 0.25) is 0 Å². The Morgan fingerprint density at radius 2 is 1.65 bits per heavy atom. The van der Waals surface area contributed by atoms with Gasteiger partial charge in [0.15, 0.2) is 5.78 Å². The van der Waals surface area contributed by atoms with E-state index < -0.39 is 29.6 Å². The summed E-state index contributed by atoms with van der Waals surface area (Å²) in [6, 6.07) is 11.2. The first kappa shape index (κ1) is 21.3. The van der Waals surface area contributed by atoms with Crippen LogP contribution in [-0.4, -0.2) is 28.9 Å². The minimum Gasteiger partial charge on any atom is -0.445 e. The SMILES string of the molecule is O=C(c1ccc(C(F)(F)F)c(F)c1)C1CC2CCC(C1)N2C(=O)OCc1ccccc1. The lowest BCUT2D eigenvalue weighted by Gasteiger charge is -2.37. The molecule has 0 radical (unpaired) electrons. The van der Waals surface area contributed by atoms with Gasteiger partial charge in [-0.25, -0.2) is 9.18 Å².